The summed E-state index contributed by atoms with van der Waals surface area (Å²) in [7, 11) is -1.47. The molecule has 4 nitrogen and oxygen atoms in total. The van der Waals surface area contributed by atoms with Gasteiger partial charge in [-0.15, -0.1) is 0 Å². The number of nitrogens with one attached hydrogen (secondary N) is 1. The summed E-state index contributed by atoms with van der Waals surface area (Å²) in [5.74, 6) is 1.22. The molecular formula is C15H17ClNO3P. The van der Waals surface area contributed by atoms with Crippen molar-refractivity contribution in [3.63, 3.8) is 0 Å². The van der Waals surface area contributed by atoms with E-state index in [-0.39, 0.29) is 0 Å². The van der Waals surface area contributed by atoms with Gasteiger partial charge in [0, 0.05) is 17.4 Å². The molecule has 6 heteroatoms. The molecule has 0 aliphatic rings. The van der Waals surface area contributed by atoms with Crippen LogP contribution in [0.1, 0.15) is 5.56 Å². The van der Waals surface area contributed by atoms with Crippen LogP contribution in [0, 0.1) is 6.92 Å². The predicted molar refractivity (Wildman–Crippen MR) is 87.0 cm³/mol. The fraction of sp³-hybridized carbons (Fsp3) is 0.200. The van der Waals surface area contributed by atoms with Gasteiger partial charge in [-0.3, -0.25) is 4.57 Å². The molecule has 0 saturated heterocycles. The summed E-state index contributed by atoms with van der Waals surface area (Å²) in [5.41, 5.74) is 1.53. The molecule has 2 rings (SSSR count). The summed E-state index contributed by atoms with van der Waals surface area (Å²) in [4.78, 5) is 0. The maximum Gasteiger partial charge on any atom is 0.338 e. The first kappa shape index (κ1) is 15.7. The minimum atomic E-state index is -3.06. The first-order chi connectivity index (χ1) is 9.91. The maximum atomic E-state index is 12.6. The van der Waals surface area contributed by atoms with Crippen molar-refractivity contribution < 1.29 is 13.8 Å². The standard InChI is InChI=1S/C15H17ClNO3P/c1-11-14(16)5-4-6-15(11)17-21(3,18)20-13-9-7-12(19-2)8-10-13/h4-10H,1-3H3,(H,17,18)/t21-/m1/s1. The third-order valence-corrected chi connectivity index (χ3v) is 4.55. The SMILES string of the molecule is COc1ccc(O[P@@](C)(=O)Nc2cccc(Cl)c2C)cc1. The van der Waals surface area contributed by atoms with Crippen molar-refractivity contribution in [1.82, 2.24) is 0 Å². The molecule has 2 aromatic rings. The number of hydrogen-bond acceptors (Lipinski definition) is 3. The zero-order valence-corrected chi connectivity index (χ0v) is 13.7. The summed E-state index contributed by atoms with van der Waals surface area (Å²) in [6, 6.07) is 12.3. The van der Waals surface area contributed by atoms with Crippen molar-refractivity contribution >= 4 is 24.8 Å². The minimum absolute atomic E-state index is 0.508. The van der Waals surface area contributed by atoms with E-state index in [9.17, 15) is 4.57 Å². The lowest BCUT2D eigenvalue weighted by molar-refractivity contribution is 0.413. The molecule has 0 fully saturated rings. The predicted octanol–water partition coefficient (Wildman–Crippen LogP) is 4.97. The monoisotopic (exact) mass is 325 g/mol. The lowest BCUT2D eigenvalue weighted by Gasteiger charge is -2.19. The van der Waals surface area contributed by atoms with Gasteiger partial charge in [0.05, 0.1) is 7.11 Å². The maximum absolute atomic E-state index is 12.6. The highest BCUT2D eigenvalue weighted by Crippen LogP contribution is 2.44. The third kappa shape index (κ3) is 4.16. The molecule has 0 saturated carbocycles. The molecule has 0 bridgehead atoms. The highest BCUT2D eigenvalue weighted by atomic mass is 35.5. The van der Waals surface area contributed by atoms with Gasteiger partial charge in [0.15, 0.2) is 0 Å². The number of rotatable bonds is 5. The normalized spacial score (nSPS) is 13.3. The number of anilines is 1. The van der Waals surface area contributed by atoms with Crippen LogP contribution in [0.5, 0.6) is 11.5 Å². The number of benzene rings is 2. The Labute approximate surface area is 129 Å². The molecule has 1 atom stereocenters. The summed E-state index contributed by atoms with van der Waals surface area (Å²) < 4.78 is 23.2. The van der Waals surface area contributed by atoms with Crippen molar-refractivity contribution in [1.29, 1.82) is 0 Å². The van der Waals surface area contributed by atoms with Gasteiger partial charge in [-0.2, -0.15) is 0 Å². The first-order valence-corrected chi connectivity index (χ1v) is 8.81. The van der Waals surface area contributed by atoms with E-state index in [0.29, 0.717) is 22.2 Å². The lowest BCUT2D eigenvalue weighted by Crippen LogP contribution is -2.03. The fourth-order valence-electron chi connectivity index (χ4n) is 1.81. The van der Waals surface area contributed by atoms with E-state index in [1.807, 2.05) is 13.0 Å². The van der Waals surface area contributed by atoms with Gasteiger partial charge in [-0.25, -0.2) is 0 Å². The van der Waals surface area contributed by atoms with Crippen LogP contribution >= 0.6 is 19.1 Å². The van der Waals surface area contributed by atoms with E-state index in [1.165, 1.54) is 6.66 Å². The van der Waals surface area contributed by atoms with Gasteiger partial charge in [0.25, 0.3) is 0 Å². The zero-order valence-electron chi connectivity index (χ0n) is 12.1. The second kappa shape index (κ2) is 6.42. The summed E-state index contributed by atoms with van der Waals surface area (Å²) in [6.07, 6.45) is 0. The van der Waals surface area contributed by atoms with Gasteiger partial charge in [0.2, 0.25) is 0 Å². The zero-order chi connectivity index (χ0) is 15.5. The number of methoxy groups -OCH3 is 1. The van der Waals surface area contributed by atoms with E-state index in [1.54, 1.807) is 43.5 Å². The number of halogens is 1. The van der Waals surface area contributed by atoms with Gasteiger partial charge in [-0.1, -0.05) is 17.7 Å². The molecule has 1 N–H and O–H groups in total. The minimum Gasteiger partial charge on any atom is -0.497 e. The topological polar surface area (TPSA) is 47.6 Å². The molecular weight excluding hydrogens is 309 g/mol. The molecule has 0 unspecified atom stereocenters. The van der Waals surface area contributed by atoms with Crippen LogP contribution in [-0.2, 0) is 4.57 Å². The molecule has 0 aliphatic heterocycles. The molecule has 0 aromatic heterocycles. The number of ether oxygens (including phenoxy) is 1. The van der Waals surface area contributed by atoms with E-state index in [4.69, 9.17) is 20.9 Å². The van der Waals surface area contributed by atoms with Gasteiger partial charge >= 0.3 is 7.52 Å². The van der Waals surface area contributed by atoms with Crippen LogP contribution in [0.25, 0.3) is 0 Å². The highest BCUT2D eigenvalue weighted by Gasteiger charge is 2.19. The van der Waals surface area contributed by atoms with Crippen LogP contribution in [-0.4, -0.2) is 13.8 Å². The largest absolute Gasteiger partial charge is 0.497 e. The number of hydrogen-bond donors (Lipinski definition) is 1. The molecule has 112 valence electrons. The Balaban J connectivity index is 2.14. The summed E-state index contributed by atoms with van der Waals surface area (Å²) in [6.45, 7) is 3.38. The van der Waals surface area contributed by atoms with Gasteiger partial charge < -0.3 is 14.3 Å². The molecule has 0 aliphatic carbocycles. The Morgan fingerprint density at radius 3 is 2.33 bits per heavy atom. The molecule has 2 aromatic carbocycles. The lowest BCUT2D eigenvalue weighted by atomic mass is 10.2. The van der Waals surface area contributed by atoms with Gasteiger partial charge in [0.1, 0.15) is 11.5 Å². The van der Waals surface area contributed by atoms with Crippen LogP contribution in [0.3, 0.4) is 0 Å². The quantitative estimate of drug-likeness (QED) is 0.788. The molecule has 0 amide bonds. The molecule has 0 radical (unpaired) electrons. The van der Waals surface area contributed by atoms with Crippen molar-refractivity contribution in [3.05, 3.63) is 53.1 Å². The van der Waals surface area contributed by atoms with Crippen molar-refractivity contribution in [2.75, 3.05) is 18.9 Å². The Morgan fingerprint density at radius 1 is 1.10 bits per heavy atom. The van der Waals surface area contributed by atoms with E-state index in [2.05, 4.69) is 5.09 Å². The van der Waals surface area contributed by atoms with E-state index >= 15 is 0 Å². The van der Waals surface area contributed by atoms with Crippen LogP contribution in [0.4, 0.5) is 5.69 Å². The van der Waals surface area contributed by atoms with E-state index < -0.39 is 7.52 Å². The van der Waals surface area contributed by atoms with Gasteiger partial charge in [-0.05, 0) is 48.9 Å². The smallest absolute Gasteiger partial charge is 0.338 e. The van der Waals surface area contributed by atoms with Crippen LogP contribution < -0.4 is 14.3 Å². The van der Waals surface area contributed by atoms with Crippen molar-refractivity contribution in [2.45, 2.75) is 6.92 Å². The fourth-order valence-corrected chi connectivity index (χ4v) is 3.23. The Morgan fingerprint density at radius 2 is 1.71 bits per heavy atom. The third-order valence-electron chi connectivity index (χ3n) is 2.93. The van der Waals surface area contributed by atoms with E-state index in [0.717, 1.165) is 5.56 Å². The summed E-state index contributed by atoms with van der Waals surface area (Å²) in [5, 5.41) is 3.54. The van der Waals surface area contributed by atoms with Crippen molar-refractivity contribution in [3.8, 4) is 11.5 Å². The van der Waals surface area contributed by atoms with Crippen LogP contribution in [0.2, 0.25) is 5.02 Å². The Bertz CT molecular complexity index is 673. The summed E-state index contributed by atoms with van der Waals surface area (Å²) >= 11 is 6.05. The Hall–Kier alpha value is -1.64. The Kier molecular flexibility index (Phi) is 4.81. The second-order valence-electron chi connectivity index (χ2n) is 4.64. The first-order valence-electron chi connectivity index (χ1n) is 6.36. The average Bonchev–Trinajstić information content (AvgIpc) is 2.44. The molecule has 21 heavy (non-hydrogen) atoms. The molecule has 0 heterocycles. The van der Waals surface area contributed by atoms with Crippen molar-refractivity contribution in [2.24, 2.45) is 0 Å². The molecule has 0 spiro atoms. The second-order valence-corrected chi connectivity index (χ2v) is 7.14. The average molecular weight is 326 g/mol. The van der Waals surface area contributed by atoms with Crippen LogP contribution in [0.15, 0.2) is 42.5 Å². The highest BCUT2D eigenvalue weighted by molar-refractivity contribution is 7.60.